The van der Waals surface area contributed by atoms with E-state index in [-0.39, 0.29) is 30.0 Å². The SMILES string of the molecule is Cl.O=C(c1ccc(C2CCNCC2)c(F)c1)N1CCCCC1. The monoisotopic (exact) mass is 326 g/mol. The Kier molecular flexibility index (Phi) is 6.21. The molecule has 0 aromatic heterocycles. The Morgan fingerprint density at radius 1 is 1.14 bits per heavy atom. The third kappa shape index (κ3) is 3.79. The highest BCUT2D eigenvalue weighted by Crippen LogP contribution is 2.28. The molecule has 3 rings (SSSR count). The normalized spacial score (nSPS) is 19.6. The second-order valence-corrected chi connectivity index (χ2v) is 6.11. The number of nitrogens with zero attached hydrogens (tertiary/aromatic N) is 1. The summed E-state index contributed by atoms with van der Waals surface area (Å²) < 4.78 is 14.4. The molecule has 0 saturated carbocycles. The zero-order valence-corrected chi connectivity index (χ0v) is 13.6. The Bertz CT molecular complexity index is 511. The van der Waals surface area contributed by atoms with E-state index >= 15 is 0 Å². The molecule has 0 bridgehead atoms. The summed E-state index contributed by atoms with van der Waals surface area (Å²) in [4.78, 5) is 14.2. The van der Waals surface area contributed by atoms with E-state index in [2.05, 4.69) is 5.32 Å². The van der Waals surface area contributed by atoms with Gasteiger partial charge in [0.15, 0.2) is 0 Å². The van der Waals surface area contributed by atoms with Crippen LogP contribution in [-0.4, -0.2) is 37.0 Å². The van der Waals surface area contributed by atoms with Crippen molar-refractivity contribution in [1.82, 2.24) is 10.2 Å². The molecule has 0 atom stereocenters. The highest BCUT2D eigenvalue weighted by atomic mass is 35.5. The fraction of sp³-hybridized carbons (Fsp3) is 0.588. The first-order valence-electron chi connectivity index (χ1n) is 8.05. The molecule has 1 aromatic rings. The maximum Gasteiger partial charge on any atom is 0.253 e. The number of halogens is 2. The lowest BCUT2D eigenvalue weighted by atomic mass is 9.89. The molecule has 5 heteroatoms. The van der Waals surface area contributed by atoms with Gasteiger partial charge in [0.2, 0.25) is 0 Å². The third-order valence-electron chi connectivity index (χ3n) is 4.67. The number of carbonyl (C=O) groups excluding carboxylic acids is 1. The molecule has 2 fully saturated rings. The van der Waals surface area contributed by atoms with Gasteiger partial charge in [0.1, 0.15) is 5.82 Å². The molecule has 0 radical (unpaired) electrons. The van der Waals surface area contributed by atoms with Gasteiger partial charge in [0.25, 0.3) is 5.91 Å². The quantitative estimate of drug-likeness (QED) is 0.904. The van der Waals surface area contributed by atoms with Gasteiger partial charge in [0.05, 0.1) is 0 Å². The number of nitrogens with one attached hydrogen (secondary N) is 1. The predicted molar refractivity (Wildman–Crippen MR) is 88.2 cm³/mol. The van der Waals surface area contributed by atoms with Crippen LogP contribution in [0.2, 0.25) is 0 Å². The summed E-state index contributed by atoms with van der Waals surface area (Å²) in [6.07, 6.45) is 5.24. The van der Waals surface area contributed by atoms with Crippen LogP contribution in [0.1, 0.15) is 53.9 Å². The van der Waals surface area contributed by atoms with Gasteiger partial charge in [-0.2, -0.15) is 0 Å². The van der Waals surface area contributed by atoms with Crippen LogP contribution in [0.15, 0.2) is 18.2 Å². The van der Waals surface area contributed by atoms with Crippen molar-refractivity contribution in [2.24, 2.45) is 0 Å². The van der Waals surface area contributed by atoms with E-state index in [1.54, 1.807) is 6.07 Å². The van der Waals surface area contributed by atoms with Crippen LogP contribution in [0.25, 0.3) is 0 Å². The second-order valence-electron chi connectivity index (χ2n) is 6.11. The summed E-state index contributed by atoms with van der Waals surface area (Å²) in [5.41, 5.74) is 1.26. The van der Waals surface area contributed by atoms with Crippen molar-refractivity contribution in [2.75, 3.05) is 26.2 Å². The fourth-order valence-electron chi connectivity index (χ4n) is 3.40. The molecule has 1 amide bonds. The molecule has 1 aromatic carbocycles. The minimum atomic E-state index is -0.218. The Balaban J connectivity index is 0.00000176. The molecule has 3 nitrogen and oxygen atoms in total. The van der Waals surface area contributed by atoms with Crippen molar-refractivity contribution in [2.45, 2.75) is 38.0 Å². The Morgan fingerprint density at radius 2 is 1.82 bits per heavy atom. The third-order valence-corrected chi connectivity index (χ3v) is 4.67. The van der Waals surface area contributed by atoms with Crippen molar-refractivity contribution < 1.29 is 9.18 Å². The first-order chi connectivity index (χ1) is 10.3. The van der Waals surface area contributed by atoms with E-state index in [0.717, 1.165) is 57.4 Å². The van der Waals surface area contributed by atoms with Gasteiger partial charge in [-0.15, -0.1) is 12.4 Å². The van der Waals surface area contributed by atoms with Crippen molar-refractivity contribution in [3.05, 3.63) is 35.1 Å². The summed E-state index contributed by atoms with van der Waals surface area (Å²) in [5, 5.41) is 3.29. The van der Waals surface area contributed by atoms with Crippen LogP contribution in [-0.2, 0) is 0 Å². The molecule has 0 unspecified atom stereocenters. The van der Waals surface area contributed by atoms with Gasteiger partial charge in [-0.3, -0.25) is 4.79 Å². The van der Waals surface area contributed by atoms with E-state index in [9.17, 15) is 9.18 Å². The summed E-state index contributed by atoms with van der Waals surface area (Å²) in [6, 6.07) is 5.06. The minimum Gasteiger partial charge on any atom is -0.339 e. The lowest BCUT2D eigenvalue weighted by Gasteiger charge is -2.27. The van der Waals surface area contributed by atoms with E-state index in [1.807, 2.05) is 11.0 Å². The Morgan fingerprint density at radius 3 is 2.45 bits per heavy atom. The number of hydrogen-bond donors (Lipinski definition) is 1. The number of rotatable bonds is 2. The topological polar surface area (TPSA) is 32.3 Å². The Labute approximate surface area is 137 Å². The zero-order valence-electron chi connectivity index (χ0n) is 12.8. The molecular weight excluding hydrogens is 303 g/mol. The second kappa shape index (κ2) is 7.93. The summed E-state index contributed by atoms with van der Waals surface area (Å²) >= 11 is 0. The molecule has 2 saturated heterocycles. The summed E-state index contributed by atoms with van der Waals surface area (Å²) in [6.45, 7) is 3.49. The van der Waals surface area contributed by atoms with Crippen LogP contribution < -0.4 is 5.32 Å². The lowest BCUT2D eigenvalue weighted by Crippen LogP contribution is -2.35. The molecule has 2 aliphatic heterocycles. The molecule has 2 aliphatic rings. The number of hydrogen-bond acceptors (Lipinski definition) is 2. The summed E-state index contributed by atoms with van der Waals surface area (Å²) in [5.74, 6) is 0.0422. The lowest BCUT2D eigenvalue weighted by molar-refractivity contribution is 0.0724. The largest absolute Gasteiger partial charge is 0.339 e. The molecule has 1 N–H and O–H groups in total. The molecule has 0 spiro atoms. The van der Waals surface area contributed by atoms with Gasteiger partial charge in [-0.25, -0.2) is 4.39 Å². The number of carbonyl (C=O) groups is 1. The molecular formula is C17H24ClFN2O. The maximum atomic E-state index is 14.4. The maximum absolute atomic E-state index is 14.4. The number of benzene rings is 1. The van der Waals surface area contributed by atoms with Crippen LogP contribution >= 0.6 is 12.4 Å². The highest BCUT2D eigenvalue weighted by molar-refractivity contribution is 5.94. The van der Waals surface area contributed by atoms with Crippen molar-refractivity contribution >= 4 is 18.3 Å². The van der Waals surface area contributed by atoms with Crippen LogP contribution in [0.3, 0.4) is 0 Å². The minimum absolute atomic E-state index is 0. The number of amides is 1. The smallest absolute Gasteiger partial charge is 0.253 e. The van der Waals surface area contributed by atoms with Gasteiger partial charge < -0.3 is 10.2 Å². The van der Waals surface area contributed by atoms with Gasteiger partial charge in [-0.05, 0) is 68.8 Å². The molecule has 22 heavy (non-hydrogen) atoms. The highest BCUT2D eigenvalue weighted by Gasteiger charge is 2.22. The summed E-state index contributed by atoms with van der Waals surface area (Å²) in [7, 11) is 0. The molecule has 2 heterocycles. The average Bonchev–Trinajstić information content (AvgIpc) is 2.55. The van der Waals surface area contributed by atoms with Crippen LogP contribution in [0, 0.1) is 5.82 Å². The average molecular weight is 327 g/mol. The van der Waals surface area contributed by atoms with Crippen molar-refractivity contribution in [3.8, 4) is 0 Å². The molecule has 122 valence electrons. The van der Waals surface area contributed by atoms with Crippen LogP contribution in [0.5, 0.6) is 0 Å². The number of likely N-dealkylation sites (tertiary alicyclic amines) is 1. The van der Waals surface area contributed by atoms with E-state index in [0.29, 0.717) is 5.56 Å². The standard InChI is InChI=1S/C17H23FN2O.ClH/c18-16-12-14(17(21)20-10-2-1-3-11-20)4-5-15(16)13-6-8-19-9-7-13;/h4-5,12-13,19H,1-3,6-11H2;1H. The molecule has 0 aliphatic carbocycles. The van der Waals surface area contributed by atoms with Gasteiger partial charge >= 0.3 is 0 Å². The van der Waals surface area contributed by atoms with Gasteiger partial charge in [0, 0.05) is 18.7 Å². The van der Waals surface area contributed by atoms with E-state index in [4.69, 9.17) is 0 Å². The van der Waals surface area contributed by atoms with Crippen LogP contribution in [0.4, 0.5) is 4.39 Å². The van der Waals surface area contributed by atoms with Crippen molar-refractivity contribution in [1.29, 1.82) is 0 Å². The first-order valence-corrected chi connectivity index (χ1v) is 8.05. The Hall–Kier alpha value is -1.13. The van der Waals surface area contributed by atoms with Gasteiger partial charge in [-0.1, -0.05) is 6.07 Å². The first kappa shape index (κ1) is 17.2. The number of piperidine rings is 2. The zero-order chi connectivity index (χ0) is 14.7. The van der Waals surface area contributed by atoms with E-state index in [1.165, 1.54) is 12.5 Å². The predicted octanol–water partition coefficient (Wildman–Crippen LogP) is 3.34. The van der Waals surface area contributed by atoms with E-state index < -0.39 is 0 Å². The van der Waals surface area contributed by atoms with Crippen molar-refractivity contribution in [3.63, 3.8) is 0 Å². The fourth-order valence-corrected chi connectivity index (χ4v) is 3.40.